The van der Waals surface area contributed by atoms with Crippen molar-refractivity contribution >= 4 is 23.1 Å². The van der Waals surface area contributed by atoms with Gasteiger partial charge in [-0.3, -0.25) is 14.4 Å². The first-order valence-electron chi connectivity index (χ1n) is 8.86. The standard InChI is InChI=1S/C18H22N2O5/c1-2-24-19-11-5-3-6-13(21)17(11)15(23)10-9-12-18-14(22)7-4-8-16(18)25-20-12/h17H,2-10H2,1H3. The maximum atomic E-state index is 12.6. The number of rotatable bonds is 6. The van der Waals surface area contributed by atoms with E-state index in [4.69, 9.17) is 9.36 Å². The minimum absolute atomic E-state index is 0.0253. The summed E-state index contributed by atoms with van der Waals surface area (Å²) in [5.41, 5.74) is 1.58. The zero-order valence-corrected chi connectivity index (χ0v) is 14.4. The molecule has 0 aromatic carbocycles. The van der Waals surface area contributed by atoms with E-state index in [1.807, 2.05) is 0 Å². The molecule has 0 radical (unpaired) electrons. The summed E-state index contributed by atoms with van der Waals surface area (Å²) in [7, 11) is 0. The van der Waals surface area contributed by atoms with Gasteiger partial charge in [0.25, 0.3) is 0 Å². The summed E-state index contributed by atoms with van der Waals surface area (Å²) in [5.74, 6) is -0.474. The molecule has 134 valence electrons. The first kappa shape index (κ1) is 17.5. The molecule has 1 saturated carbocycles. The predicted molar refractivity (Wildman–Crippen MR) is 88.5 cm³/mol. The molecule has 1 unspecified atom stereocenters. The monoisotopic (exact) mass is 346 g/mol. The van der Waals surface area contributed by atoms with Crippen molar-refractivity contribution in [1.82, 2.24) is 5.16 Å². The number of hydrogen-bond acceptors (Lipinski definition) is 7. The number of nitrogens with zero attached hydrogens (tertiary/aromatic N) is 2. The topological polar surface area (TPSA) is 98.8 Å². The first-order chi connectivity index (χ1) is 12.1. The van der Waals surface area contributed by atoms with Crippen LogP contribution in [0.3, 0.4) is 0 Å². The van der Waals surface area contributed by atoms with Gasteiger partial charge >= 0.3 is 0 Å². The highest BCUT2D eigenvalue weighted by atomic mass is 16.6. The number of hydrogen-bond donors (Lipinski definition) is 0. The van der Waals surface area contributed by atoms with Crippen LogP contribution in [0.15, 0.2) is 9.68 Å². The van der Waals surface area contributed by atoms with Crippen molar-refractivity contribution in [1.29, 1.82) is 0 Å². The summed E-state index contributed by atoms with van der Waals surface area (Å²) < 4.78 is 5.24. The number of aromatic nitrogens is 1. The highest BCUT2D eigenvalue weighted by Gasteiger charge is 2.35. The van der Waals surface area contributed by atoms with Crippen molar-refractivity contribution in [3.8, 4) is 0 Å². The summed E-state index contributed by atoms with van der Waals surface area (Å²) in [4.78, 5) is 41.9. The molecule has 7 heteroatoms. The van der Waals surface area contributed by atoms with E-state index in [0.717, 1.165) is 6.42 Å². The van der Waals surface area contributed by atoms with Gasteiger partial charge < -0.3 is 9.36 Å². The van der Waals surface area contributed by atoms with Gasteiger partial charge in [-0.15, -0.1) is 0 Å². The van der Waals surface area contributed by atoms with Crippen molar-refractivity contribution < 1.29 is 23.7 Å². The molecular formula is C18H22N2O5. The molecule has 1 atom stereocenters. The van der Waals surface area contributed by atoms with E-state index in [9.17, 15) is 14.4 Å². The summed E-state index contributed by atoms with van der Waals surface area (Å²) >= 11 is 0. The minimum atomic E-state index is -0.821. The summed E-state index contributed by atoms with van der Waals surface area (Å²) in [5, 5.41) is 7.93. The van der Waals surface area contributed by atoms with Gasteiger partial charge in [0.1, 0.15) is 29.9 Å². The van der Waals surface area contributed by atoms with Gasteiger partial charge in [0, 0.05) is 32.1 Å². The van der Waals surface area contributed by atoms with Crippen LogP contribution in [0, 0.1) is 5.92 Å². The smallest absolute Gasteiger partial charge is 0.168 e. The summed E-state index contributed by atoms with van der Waals surface area (Å²) in [6.07, 6.45) is 4.07. The van der Waals surface area contributed by atoms with Gasteiger partial charge in [-0.05, 0) is 26.2 Å². The van der Waals surface area contributed by atoms with Gasteiger partial charge in [-0.1, -0.05) is 10.3 Å². The Balaban J connectivity index is 1.70. The molecule has 0 amide bonds. The first-order valence-corrected chi connectivity index (χ1v) is 8.86. The van der Waals surface area contributed by atoms with Crippen LogP contribution < -0.4 is 0 Å². The molecule has 2 aliphatic rings. The molecule has 1 fully saturated rings. The summed E-state index contributed by atoms with van der Waals surface area (Å²) in [6, 6.07) is 0. The predicted octanol–water partition coefficient (Wildman–Crippen LogP) is 2.46. The van der Waals surface area contributed by atoms with Crippen LogP contribution in [0.4, 0.5) is 0 Å². The van der Waals surface area contributed by atoms with Crippen LogP contribution in [0.5, 0.6) is 0 Å². The molecule has 1 aromatic heterocycles. The lowest BCUT2D eigenvalue weighted by atomic mass is 9.81. The van der Waals surface area contributed by atoms with Crippen LogP contribution in [-0.2, 0) is 27.3 Å². The number of ketones is 3. The lowest BCUT2D eigenvalue weighted by Gasteiger charge is -2.21. The molecule has 0 spiro atoms. The molecule has 1 heterocycles. The highest BCUT2D eigenvalue weighted by Crippen LogP contribution is 2.26. The SMILES string of the molecule is CCON=C1CCCC(=O)C1C(=O)CCc1noc2c1C(=O)CCC2. The Kier molecular flexibility index (Phi) is 5.40. The van der Waals surface area contributed by atoms with Crippen molar-refractivity contribution in [2.24, 2.45) is 11.1 Å². The second kappa shape index (κ2) is 7.72. The zero-order chi connectivity index (χ0) is 17.8. The van der Waals surface area contributed by atoms with Gasteiger partial charge in [0.05, 0.1) is 17.0 Å². The van der Waals surface area contributed by atoms with E-state index in [1.54, 1.807) is 6.92 Å². The van der Waals surface area contributed by atoms with Gasteiger partial charge in [0.15, 0.2) is 5.78 Å². The van der Waals surface area contributed by atoms with Gasteiger partial charge in [-0.25, -0.2) is 0 Å². The Morgan fingerprint density at radius 1 is 1.24 bits per heavy atom. The van der Waals surface area contributed by atoms with Crippen molar-refractivity contribution in [3.05, 3.63) is 17.0 Å². The molecule has 3 rings (SSSR count). The quantitative estimate of drug-likeness (QED) is 0.579. The number of fused-ring (bicyclic) bond motifs is 1. The minimum Gasteiger partial charge on any atom is -0.396 e. The molecule has 0 aliphatic heterocycles. The normalized spacial score (nSPS) is 22.1. The largest absolute Gasteiger partial charge is 0.396 e. The fourth-order valence-corrected chi connectivity index (χ4v) is 3.47. The molecular weight excluding hydrogens is 324 g/mol. The van der Waals surface area contributed by atoms with E-state index >= 15 is 0 Å². The number of carbonyl (C=O) groups excluding carboxylic acids is 3. The lowest BCUT2D eigenvalue weighted by molar-refractivity contribution is -0.130. The van der Waals surface area contributed by atoms with Crippen LogP contribution >= 0.6 is 0 Å². The second-order valence-corrected chi connectivity index (χ2v) is 6.42. The van der Waals surface area contributed by atoms with E-state index in [0.29, 0.717) is 67.9 Å². The number of Topliss-reactive ketones (excluding diaryl/α,β-unsaturated/α-hetero) is 3. The Morgan fingerprint density at radius 2 is 2.04 bits per heavy atom. The van der Waals surface area contributed by atoms with Crippen LogP contribution in [0.25, 0.3) is 0 Å². The third-order valence-corrected chi connectivity index (χ3v) is 4.67. The van der Waals surface area contributed by atoms with Crippen molar-refractivity contribution in [2.75, 3.05) is 6.61 Å². The Morgan fingerprint density at radius 3 is 2.84 bits per heavy atom. The van der Waals surface area contributed by atoms with E-state index in [2.05, 4.69) is 10.3 Å². The number of oxime groups is 1. The molecule has 0 N–H and O–H groups in total. The third kappa shape index (κ3) is 3.70. The fourth-order valence-electron chi connectivity index (χ4n) is 3.47. The van der Waals surface area contributed by atoms with E-state index in [-0.39, 0.29) is 23.8 Å². The van der Waals surface area contributed by atoms with Crippen molar-refractivity contribution in [2.45, 2.75) is 58.3 Å². The number of aryl methyl sites for hydroxylation is 2. The van der Waals surface area contributed by atoms with E-state index in [1.165, 1.54) is 0 Å². The molecule has 0 saturated heterocycles. The summed E-state index contributed by atoms with van der Waals surface area (Å²) in [6.45, 7) is 2.20. The second-order valence-electron chi connectivity index (χ2n) is 6.42. The molecule has 25 heavy (non-hydrogen) atoms. The van der Waals surface area contributed by atoms with Gasteiger partial charge in [0.2, 0.25) is 0 Å². The van der Waals surface area contributed by atoms with Gasteiger partial charge in [-0.2, -0.15) is 0 Å². The lowest BCUT2D eigenvalue weighted by Crippen LogP contribution is -2.35. The Hall–Kier alpha value is -2.31. The third-order valence-electron chi connectivity index (χ3n) is 4.67. The van der Waals surface area contributed by atoms with E-state index < -0.39 is 5.92 Å². The van der Waals surface area contributed by atoms with Crippen molar-refractivity contribution in [3.63, 3.8) is 0 Å². The molecule has 7 nitrogen and oxygen atoms in total. The molecule has 0 bridgehead atoms. The maximum absolute atomic E-state index is 12.6. The Bertz CT molecular complexity index is 719. The highest BCUT2D eigenvalue weighted by molar-refractivity contribution is 6.22. The average molecular weight is 346 g/mol. The average Bonchev–Trinajstić information content (AvgIpc) is 3.02. The fraction of sp³-hybridized carbons (Fsp3) is 0.611. The maximum Gasteiger partial charge on any atom is 0.168 e. The Labute approximate surface area is 145 Å². The molecule has 2 aliphatic carbocycles. The van der Waals surface area contributed by atoms with Crippen LogP contribution in [0.1, 0.15) is 67.3 Å². The number of carbonyl (C=O) groups is 3. The van der Waals surface area contributed by atoms with Crippen LogP contribution in [-0.4, -0.2) is 34.8 Å². The van der Waals surface area contributed by atoms with Crippen LogP contribution in [0.2, 0.25) is 0 Å². The molecule has 1 aromatic rings. The zero-order valence-electron chi connectivity index (χ0n) is 14.4.